The highest BCUT2D eigenvalue weighted by atomic mass is 19.3. The molecule has 0 spiro atoms. The second-order valence-electron chi connectivity index (χ2n) is 3.92. The van der Waals surface area contributed by atoms with Crippen molar-refractivity contribution in [2.75, 3.05) is 13.1 Å². The first-order valence-corrected chi connectivity index (χ1v) is 4.34. The number of hydrogen-bond donors (Lipinski definition) is 1. The number of alkyl halides is 4. The highest BCUT2D eigenvalue weighted by Gasteiger charge is 2.59. The van der Waals surface area contributed by atoms with Gasteiger partial charge in [-0.25, -0.2) is 17.6 Å². The lowest BCUT2D eigenvalue weighted by Gasteiger charge is -2.42. The van der Waals surface area contributed by atoms with Gasteiger partial charge in [0.2, 0.25) is 0 Å². The number of nitrogens with zero attached hydrogens (tertiary/aromatic N) is 1. The predicted octanol–water partition coefficient (Wildman–Crippen LogP) is 1.34. The second kappa shape index (κ2) is 3.34. The molecule has 6 heteroatoms. The fourth-order valence-corrected chi connectivity index (χ4v) is 1.44. The largest absolute Gasteiger partial charge is 0.381 e. The Kier molecular flexibility index (Phi) is 2.80. The number of likely N-dealkylation sites (tertiary alicyclic amines) is 1. The molecule has 1 aliphatic heterocycles. The summed E-state index contributed by atoms with van der Waals surface area (Å²) in [4.78, 5) is 0.965. The van der Waals surface area contributed by atoms with Crippen LogP contribution in [0.5, 0.6) is 0 Å². The van der Waals surface area contributed by atoms with E-state index >= 15 is 0 Å². The minimum atomic E-state index is -3.74. The normalized spacial score (nSPS) is 28.3. The minimum absolute atomic E-state index is 0.390. The van der Waals surface area contributed by atoms with Crippen LogP contribution in [0.25, 0.3) is 0 Å². The fourth-order valence-electron chi connectivity index (χ4n) is 1.44. The van der Waals surface area contributed by atoms with Crippen molar-refractivity contribution in [1.29, 1.82) is 0 Å². The standard InChI is InChI=1S/C8H13F4NO/c1-5(2)13-3-7(9,10)6(14)8(11,12)4-13/h5-6,14H,3-4H2,1-2H3. The highest BCUT2D eigenvalue weighted by Crippen LogP contribution is 2.37. The summed E-state index contributed by atoms with van der Waals surface area (Å²) >= 11 is 0. The van der Waals surface area contributed by atoms with Crippen LogP contribution in [0.1, 0.15) is 13.8 Å². The average molecular weight is 215 g/mol. The van der Waals surface area contributed by atoms with E-state index in [0.717, 1.165) is 4.90 Å². The van der Waals surface area contributed by atoms with E-state index < -0.39 is 31.0 Å². The third-order valence-corrected chi connectivity index (χ3v) is 2.36. The van der Waals surface area contributed by atoms with Crippen LogP contribution in [0.2, 0.25) is 0 Å². The number of hydrogen-bond acceptors (Lipinski definition) is 2. The number of halogens is 4. The Bertz CT molecular complexity index is 201. The van der Waals surface area contributed by atoms with Crippen LogP contribution in [0, 0.1) is 0 Å². The molecule has 0 radical (unpaired) electrons. The Morgan fingerprint density at radius 2 is 1.50 bits per heavy atom. The molecule has 1 rings (SSSR count). The van der Waals surface area contributed by atoms with Crippen molar-refractivity contribution >= 4 is 0 Å². The molecule has 0 amide bonds. The molecule has 1 N–H and O–H groups in total. The van der Waals surface area contributed by atoms with E-state index in [9.17, 15) is 17.6 Å². The Labute approximate surface area is 79.5 Å². The smallest absolute Gasteiger partial charge is 0.291 e. The van der Waals surface area contributed by atoms with E-state index in [1.807, 2.05) is 0 Å². The molecule has 0 bridgehead atoms. The van der Waals surface area contributed by atoms with Gasteiger partial charge in [0.25, 0.3) is 11.8 Å². The number of aliphatic hydroxyl groups is 1. The van der Waals surface area contributed by atoms with Gasteiger partial charge in [-0.2, -0.15) is 0 Å². The van der Waals surface area contributed by atoms with Crippen LogP contribution in [-0.2, 0) is 0 Å². The summed E-state index contributed by atoms with van der Waals surface area (Å²) in [5.74, 6) is -7.49. The average Bonchev–Trinajstić information content (AvgIpc) is 1.98. The summed E-state index contributed by atoms with van der Waals surface area (Å²) in [7, 11) is 0. The van der Waals surface area contributed by atoms with E-state index in [4.69, 9.17) is 5.11 Å². The van der Waals surface area contributed by atoms with Crippen LogP contribution in [0.3, 0.4) is 0 Å². The van der Waals surface area contributed by atoms with E-state index in [0.29, 0.717) is 0 Å². The van der Waals surface area contributed by atoms with Crippen LogP contribution in [0.15, 0.2) is 0 Å². The van der Waals surface area contributed by atoms with E-state index in [1.165, 1.54) is 0 Å². The lowest BCUT2D eigenvalue weighted by atomic mass is 9.99. The van der Waals surface area contributed by atoms with Gasteiger partial charge in [0, 0.05) is 6.04 Å². The molecule has 1 fully saturated rings. The molecule has 2 nitrogen and oxygen atoms in total. The first kappa shape index (κ1) is 11.7. The molecular formula is C8H13F4NO. The SMILES string of the molecule is CC(C)N1CC(F)(F)C(O)C(F)(F)C1. The third kappa shape index (κ3) is 2.00. The molecule has 0 aromatic carbocycles. The van der Waals surface area contributed by atoms with Crippen molar-refractivity contribution in [3.05, 3.63) is 0 Å². The molecule has 0 unspecified atom stereocenters. The van der Waals surface area contributed by atoms with Crippen molar-refractivity contribution in [3.63, 3.8) is 0 Å². The molecule has 1 heterocycles. The van der Waals surface area contributed by atoms with Gasteiger partial charge in [-0.05, 0) is 13.8 Å². The van der Waals surface area contributed by atoms with Gasteiger partial charge in [-0.1, -0.05) is 0 Å². The third-order valence-electron chi connectivity index (χ3n) is 2.36. The Hall–Kier alpha value is -0.360. The summed E-state index contributed by atoms with van der Waals surface area (Å²) in [6.07, 6.45) is -2.87. The second-order valence-corrected chi connectivity index (χ2v) is 3.92. The Morgan fingerprint density at radius 3 is 1.79 bits per heavy atom. The van der Waals surface area contributed by atoms with E-state index in [-0.39, 0.29) is 6.04 Å². The maximum absolute atomic E-state index is 12.9. The van der Waals surface area contributed by atoms with Gasteiger partial charge in [0.05, 0.1) is 13.1 Å². The first-order valence-electron chi connectivity index (χ1n) is 4.34. The molecule has 1 aliphatic rings. The molecule has 1 saturated heterocycles. The zero-order valence-corrected chi connectivity index (χ0v) is 7.98. The van der Waals surface area contributed by atoms with Crippen LogP contribution in [-0.4, -0.2) is 47.1 Å². The predicted molar refractivity (Wildman–Crippen MR) is 42.6 cm³/mol. The van der Waals surface area contributed by atoms with Crippen molar-refractivity contribution in [2.45, 2.75) is 37.8 Å². The number of aliphatic hydroxyl groups excluding tert-OH is 1. The molecule has 84 valence electrons. The zero-order chi connectivity index (χ0) is 11.1. The molecule has 14 heavy (non-hydrogen) atoms. The van der Waals surface area contributed by atoms with Crippen molar-refractivity contribution in [1.82, 2.24) is 4.90 Å². The Balaban J connectivity index is 2.86. The van der Waals surface area contributed by atoms with Crippen molar-refractivity contribution in [3.8, 4) is 0 Å². The zero-order valence-electron chi connectivity index (χ0n) is 7.98. The van der Waals surface area contributed by atoms with Crippen LogP contribution < -0.4 is 0 Å². The van der Waals surface area contributed by atoms with Crippen molar-refractivity contribution in [2.24, 2.45) is 0 Å². The highest BCUT2D eigenvalue weighted by molar-refractivity contribution is 4.98. The minimum Gasteiger partial charge on any atom is -0.381 e. The lowest BCUT2D eigenvalue weighted by molar-refractivity contribution is -0.256. The summed E-state index contributed by atoms with van der Waals surface area (Å²) in [6, 6.07) is -0.390. The molecule has 0 saturated carbocycles. The number of rotatable bonds is 1. The maximum Gasteiger partial charge on any atom is 0.291 e. The Morgan fingerprint density at radius 1 is 1.14 bits per heavy atom. The molecule has 0 aromatic heterocycles. The summed E-state index contributed by atoms with van der Waals surface area (Å²) in [5.41, 5.74) is 0. The first-order chi connectivity index (χ1) is 6.17. The quantitative estimate of drug-likeness (QED) is 0.667. The topological polar surface area (TPSA) is 23.5 Å². The monoisotopic (exact) mass is 215 g/mol. The summed E-state index contributed by atoms with van der Waals surface area (Å²) in [5, 5.41) is 8.74. The maximum atomic E-state index is 12.9. The molecular weight excluding hydrogens is 202 g/mol. The van der Waals surface area contributed by atoms with Gasteiger partial charge in [0.15, 0.2) is 6.10 Å². The van der Waals surface area contributed by atoms with Gasteiger partial charge in [-0.15, -0.1) is 0 Å². The van der Waals surface area contributed by atoms with Gasteiger partial charge < -0.3 is 5.11 Å². The molecule has 0 aliphatic carbocycles. The summed E-state index contributed by atoms with van der Waals surface area (Å²) in [6.45, 7) is 1.48. The van der Waals surface area contributed by atoms with Crippen LogP contribution in [0.4, 0.5) is 17.6 Å². The van der Waals surface area contributed by atoms with Gasteiger partial charge in [0.1, 0.15) is 0 Å². The molecule has 0 atom stereocenters. The van der Waals surface area contributed by atoms with Gasteiger partial charge >= 0.3 is 0 Å². The number of piperidine rings is 1. The molecule has 0 aromatic rings. The van der Waals surface area contributed by atoms with Crippen LogP contribution >= 0.6 is 0 Å². The summed E-state index contributed by atoms with van der Waals surface area (Å²) < 4.78 is 51.7. The van der Waals surface area contributed by atoms with E-state index in [2.05, 4.69) is 0 Å². The van der Waals surface area contributed by atoms with Crippen molar-refractivity contribution < 1.29 is 22.7 Å². The fraction of sp³-hybridized carbons (Fsp3) is 1.00. The van der Waals surface area contributed by atoms with Gasteiger partial charge in [-0.3, -0.25) is 4.90 Å². The lowest BCUT2D eigenvalue weighted by Crippen LogP contribution is -2.64. The van der Waals surface area contributed by atoms with E-state index in [1.54, 1.807) is 13.8 Å².